The lowest BCUT2D eigenvalue weighted by atomic mass is 10.0. The molecule has 0 bridgehead atoms. The van der Waals surface area contributed by atoms with Crippen molar-refractivity contribution in [3.05, 3.63) is 70.2 Å². The number of ketones is 1. The Labute approximate surface area is 119 Å². The summed E-state index contributed by atoms with van der Waals surface area (Å²) < 4.78 is 38.2. The second kappa shape index (κ2) is 5.67. The summed E-state index contributed by atoms with van der Waals surface area (Å²) in [6, 6.07) is 12.1. The second-order valence-electron chi connectivity index (χ2n) is 4.25. The molecule has 5 heteroatoms. The first-order valence-electron chi connectivity index (χ1n) is 5.82. The van der Waals surface area contributed by atoms with Crippen LogP contribution in [-0.2, 0) is 12.6 Å². The van der Waals surface area contributed by atoms with Gasteiger partial charge in [0.2, 0.25) is 0 Å². The molecule has 0 fully saturated rings. The number of halogens is 4. The van der Waals surface area contributed by atoms with Gasteiger partial charge >= 0.3 is 6.18 Å². The Morgan fingerprint density at radius 3 is 2.25 bits per heavy atom. The van der Waals surface area contributed by atoms with E-state index in [1.54, 1.807) is 30.3 Å². The smallest absolute Gasteiger partial charge is 0.294 e. The molecular formula is C15H10ClF3O. The maximum Gasteiger partial charge on any atom is 0.417 e. The van der Waals surface area contributed by atoms with Crippen LogP contribution in [0.1, 0.15) is 21.5 Å². The van der Waals surface area contributed by atoms with Crippen LogP contribution in [0, 0.1) is 0 Å². The Balaban J connectivity index is 2.32. The fourth-order valence-electron chi connectivity index (χ4n) is 1.84. The molecule has 0 saturated carbocycles. The molecule has 0 unspecified atom stereocenters. The number of carbonyl (C=O) groups is 1. The van der Waals surface area contributed by atoms with Crippen LogP contribution in [0.5, 0.6) is 0 Å². The van der Waals surface area contributed by atoms with E-state index in [-0.39, 0.29) is 12.0 Å². The van der Waals surface area contributed by atoms with Gasteiger partial charge in [0.05, 0.1) is 10.6 Å². The molecule has 20 heavy (non-hydrogen) atoms. The highest BCUT2D eigenvalue weighted by molar-refractivity contribution is 6.34. The normalized spacial score (nSPS) is 11.4. The maximum atomic E-state index is 12.7. The monoisotopic (exact) mass is 298 g/mol. The topological polar surface area (TPSA) is 17.1 Å². The zero-order chi connectivity index (χ0) is 14.8. The van der Waals surface area contributed by atoms with Crippen molar-refractivity contribution in [3.8, 4) is 0 Å². The summed E-state index contributed by atoms with van der Waals surface area (Å²) in [5.74, 6) is -0.438. The van der Waals surface area contributed by atoms with Crippen LogP contribution in [0.3, 0.4) is 0 Å². The van der Waals surface area contributed by atoms with Crippen LogP contribution in [0.4, 0.5) is 13.2 Å². The number of Topliss-reactive ketones (excluding diaryl/α,β-unsaturated/α-hetero) is 1. The standard InChI is InChI=1S/C15H10ClF3O/c16-14-11(7-4-8-12(14)15(17,18)19)13(20)9-10-5-2-1-3-6-10/h1-8H,9H2. The molecule has 0 aliphatic rings. The zero-order valence-corrected chi connectivity index (χ0v) is 11.0. The number of benzene rings is 2. The van der Waals surface area contributed by atoms with E-state index in [0.29, 0.717) is 0 Å². The van der Waals surface area contributed by atoms with E-state index in [9.17, 15) is 18.0 Å². The van der Waals surface area contributed by atoms with E-state index in [0.717, 1.165) is 11.6 Å². The Morgan fingerprint density at radius 1 is 1.00 bits per heavy atom. The van der Waals surface area contributed by atoms with Crippen molar-refractivity contribution in [2.75, 3.05) is 0 Å². The molecule has 1 nitrogen and oxygen atoms in total. The molecule has 0 aromatic heterocycles. The highest BCUT2D eigenvalue weighted by atomic mass is 35.5. The van der Waals surface area contributed by atoms with Crippen LogP contribution < -0.4 is 0 Å². The number of alkyl halides is 3. The lowest BCUT2D eigenvalue weighted by Gasteiger charge is -2.11. The summed E-state index contributed by atoms with van der Waals surface area (Å²) in [4.78, 5) is 12.1. The molecule has 0 atom stereocenters. The summed E-state index contributed by atoms with van der Waals surface area (Å²) in [6.45, 7) is 0. The summed E-state index contributed by atoms with van der Waals surface area (Å²) in [7, 11) is 0. The van der Waals surface area contributed by atoms with E-state index >= 15 is 0 Å². The van der Waals surface area contributed by atoms with Crippen LogP contribution >= 0.6 is 11.6 Å². The third-order valence-corrected chi connectivity index (χ3v) is 3.22. The van der Waals surface area contributed by atoms with Crippen LogP contribution in [0.25, 0.3) is 0 Å². The molecule has 2 aromatic carbocycles. The minimum absolute atomic E-state index is 0.0157. The van der Waals surface area contributed by atoms with Gasteiger partial charge in [-0.25, -0.2) is 0 Å². The van der Waals surface area contributed by atoms with Crippen molar-refractivity contribution in [2.45, 2.75) is 12.6 Å². The largest absolute Gasteiger partial charge is 0.417 e. The number of hydrogen-bond donors (Lipinski definition) is 0. The van der Waals surface area contributed by atoms with Crippen molar-refractivity contribution in [2.24, 2.45) is 0 Å². The first-order chi connectivity index (χ1) is 9.39. The molecule has 0 aliphatic heterocycles. The third kappa shape index (κ3) is 3.20. The maximum absolute atomic E-state index is 12.7. The van der Waals surface area contributed by atoms with Gasteiger partial charge in [0, 0.05) is 12.0 Å². The van der Waals surface area contributed by atoms with Gasteiger partial charge in [-0.3, -0.25) is 4.79 Å². The van der Waals surface area contributed by atoms with Crippen LogP contribution in [-0.4, -0.2) is 5.78 Å². The van der Waals surface area contributed by atoms with E-state index in [2.05, 4.69) is 0 Å². The molecule has 2 rings (SSSR count). The van der Waals surface area contributed by atoms with E-state index < -0.39 is 22.5 Å². The predicted octanol–water partition coefficient (Wildman–Crippen LogP) is 4.78. The van der Waals surface area contributed by atoms with E-state index in [4.69, 9.17) is 11.6 Å². The van der Waals surface area contributed by atoms with Crippen LogP contribution in [0.2, 0.25) is 5.02 Å². The molecule has 0 N–H and O–H groups in total. The summed E-state index contributed by atoms with van der Waals surface area (Å²) in [6.07, 6.45) is -4.55. The number of rotatable bonds is 3. The average Bonchev–Trinajstić information content (AvgIpc) is 2.38. The van der Waals surface area contributed by atoms with Gasteiger partial charge in [0.25, 0.3) is 0 Å². The van der Waals surface area contributed by atoms with Crippen molar-refractivity contribution in [3.63, 3.8) is 0 Å². The van der Waals surface area contributed by atoms with Gasteiger partial charge in [-0.1, -0.05) is 48.0 Å². The highest BCUT2D eigenvalue weighted by Gasteiger charge is 2.34. The summed E-state index contributed by atoms with van der Waals surface area (Å²) >= 11 is 5.71. The first kappa shape index (κ1) is 14.6. The number of hydrogen-bond acceptors (Lipinski definition) is 1. The SMILES string of the molecule is O=C(Cc1ccccc1)c1cccc(C(F)(F)F)c1Cl. The molecule has 0 amide bonds. The van der Waals surface area contributed by atoms with Crippen LogP contribution in [0.15, 0.2) is 48.5 Å². The summed E-state index contributed by atoms with van der Waals surface area (Å²) in [5.41, 5.74) is -0.366. The Bertz CT molecular complexity index is 621. The lowest BCUT2D eigenvalue weighted by Crippen LogP contribution is -2.10. The van der Waals surface area contributed by atoms with Crippen molar-refractivity contribution in [1.82, 2.24) is 0 Å². The number of carbonyl (C=O) groups excluding carboxylic acids is 1. The van der Waals surface area contributed by atoms with Gasteiger partial charge in [0.1, 0.15) is 0 Å². The predicted molar refractivity (Wildman–Crippen MR) is 70.9 cm³/mol. The van der Waals surface area contributed by atoms with Crippen molar-refractivity contribution < 1.29 is 18.0 Å². The molecule has 0 aliphatic carbocycles. The quantitative estimate of drug-likeness (QED) is 0.745. The van der Waals surface area contributed by atoms with Gasteiger partial charge in [-0.2, -0.15) is 13.2 Å². The highest BCUT2D eigenvalue weighted by Crippen LogP contribution is 2.36. The van der Waals surface area contributed by atoms with Crippen molar-refractivity contribution >= 4 is 17.4 Å². The Kier molecular flexibility index (Phi) is 4.14. The Morgan fingerprint density at radius 2 is 1.65 bits per heavy atom. The molecule has 2 aromatic rings. The van der Waals surface area contributed by atoms with E-state index in [1.807, 2.05) is 0 Å². The lowest BCUT2D eigenvalue weighted by molar-refractivity contribution is -0.137. The van der Waals surface area contributed by atoms with Crippen molar-refractivity contribution in [1.29, 1.82) is 0 Å². The first-order valence-corrected chi connectivity index (χ1v) is 6.20. The third-order valence-electron chi connectivity index (χ3n) is 2.81. The van der Waals surface area contributed by atoms with Gasteiger partial charge in [-0.15, -0.1) is 0 Å². The molecule has 0 saturated heterocycles. The zero-order valence-electron chi connectivity index (χ0n) is 10.2. The van der Waals surface area contributed by atoms with Gasteiger partial charge in [0.15, 0.2) is 5.78 Å². The Hall–Kier alpha value is -1.81. The molecule has 0 heterocycles. The molecule has 0 spiro atoms. The minimum atomic E-state index is -4.57. The fourth-order valence-corrected chi connectivity index (χ4v) is 2.18. The molecular weight excluding hydrogens is 289 g/mol. The van der Waals surface area contributed by atoms with Gasteiger partial charge < -0.3 is 0 Å². The fraction of sp³-hybridized carbons (Fsp3) is 0.133. The molecule has 104 valence electrons. The van der Waals surface area contributed by atoms with Gasteiger partial charge in [-0.05, 0) is 17.7 Å². The second-order valence-corrected chi connectivity index (χ2v) is 4.63. The average molecular weight is 299 g/mol. The van der Waals surface area contributed by atoms with E-state index in [1.165, 1.54) is 12.1 Å². The summed E-state index contributed by atoms with van der Waals surface area (Å²) in [5, 5.41) is -0.541. The minimum Gasteiger partial charge on any atom is -0.294 e. The molecule has 0 radical (unpaired) electrons.